The van der Waals surface area contributed by atoms with Crippen LogP contribution in [0.15, 0.2) is 77.6 Å². The first kappa shape index (κ1) is 24.4. The normalized spacial score (nSPS) is 16.0. The molecule has 0 radical (unpaired) electrons. The minimum Gasteiger partial charge on any atom is -0.369 e. The summed E-state index contributed by atoms with van der Waals surface area (Å²) in [5, 5.41) is 3.47. The summed E-state index contributed by atoms with van der Waals surface area (Å²) >= 11 is 0. The minimum atomic E-state index is -0.236. The number of hydrogen-bond acceptors (Lipinski definition) is 5. The number of likely N-dealkylation sites (tertiary alicyclic amines) is 1. The summed E-state index contributed by atoms with van der Waals surface area (Å²) in [6.07, 6.45) is 1.82. The number of hydrogen-bond donors (Lipinski definition) is 2. The SMILES string of the molecule is Cc1nc2ccccc2c(=O)n1-c1ccc(C(=O)Nc2ccc(CN3CCCC(C(N)=O)C3)cc2)cc1. The largest absolute Gasteiger partial charge is 0.369 e. The highest BCUT2D eigenvalue weighted by atomic mass is 16.2. The van der Waals surface area contributed by atoms with Crippen molar-refractivity contribution in [3.8, 4) is 5.69 Å². The quantitative estimate of drug-likeness (QED) is 0.424. The van der Waals surface area contributed by atoms with Gasteiger partial charge in [0.25, 0.3) is 11.5 Å². The molecule has 4 aromatic rings. The molecular formula is C29H29N5O3. The highest BCUT2D eigenvalue weighted by Crippen LogP contribution is 2.20. The molecule has 1 unspecified atom stereocenters. The van der Waals surface area contributed by atoms with Gasteiger partial charge in [-0.3, -0.25) is 23.9 Å². The molecule has 0 saturated carbocycles. The number of nitrogens with two attached hydrogens (primary N) is 1. The molecule has 1 saturated heterocycles. The number of fused-ring (bicyclic) bond motifs is 1. The van der Waals surface area contributed by atoms with Crippen molar-refractivity contribution in [2.75, 3.05) is 18.4 Å². The molecular weight excluding hydrogens is 466 g/mol. The number of rotatable bonds is 6. The Morgan fingerprint density at radius 3 is 2.49 bits per heavy atom. The number of anilines is 1. The molecule has 2 amide bonds. The lowest BCUT2D eigenvalue weighted by Gasteiger charge is -2.31. The number of piperidine rings is 1. The van der Waals surface area contributed by atoms with Gasteiger partial charge in [-0.1, -0.05) is 24.3 Å². The summed E-state index contributed by atoms with van der Waals surface area (Å²) < 4.78 is 1.55. The van der Waals surface area contributed by atoms with Crippen LogP contribution in [0.2, 0.25) is 0 Å². The van der Waals surface area contributed by atoms with E-state index in [-0.39, 0.29) is 23.3 Å². The van der Waals surface area contributed by atoms with Gasteiger partial charge in [-0.2, -0.15) is 0 Å². The van der Waals surface area contributed by atoms with E-state index in [1.54, 1.807) is 41.8 Å². The maximum absolute atomic E-state index is 13.0. The zero-order valence-electron chi connectivity index (χ0n) is 20.7. The fraction of sp³-hybridized carbons (Fsp3) is 0.241. The van der Waals surface area contributed by atoms with Crippen molar-refractivity contribution in [3.63, 3.8) is 0 Å². The number of aromatic nitrogens is 2. The molecule has 2 heterocycles. The van der Waals surface area contributed by atoms with E-state index in [9.17, 15) is 14.4 Å². The summed E-state index contributed by atoms with van der Waals surface area (Å²) in [6, 6.07) is 21.9. The molecule has 1 aliphatic heterocycles. The van der Waals surface area contributed by atoms with E-state index >= 15 is 0 Å². The van der Waals surface area contributed by atoms with Gasteiger partial charge in [0, 0.05) is 24.3 Å². The predicted octanol–water partition coefficient (Wildman–Crippen LogP) is 3.64. The molecule has 0 bridgehead atoms. The first-order valence-corrected chi connectivity index (χ1v) is 12.4. The van der Waals surface area contributed by atoms with Crippen LogP contribution in [0.1, 0.15) is 34.6 Å². The minimum absolute atomic E-state index is 0.0845. The Bertz CT molecular complexity index is 1510. The molecule has 1 aromatic heterocycles. The standard InChI is InChI=1S/C29H29N5O3/c1-19-31-26-7-3-2-6-25(26)29(37)34(19)24-14-10-21(11-15-24)28(36)32-23-12-8-20(9-13-23)17-33-16-4-5-22(18-33)27(30)35/h2-3,6-15,22H,4-5,16-18H2,1H3,(H2,30,35)(H,32,36). The van der Waals surface area contributed by atoms with Gasteiger partial charge in [0.05, 0.1) is 22.5 Å². The van der Waals surface area contributed by atoms with E-state index in [4.69, 9.17) is 5.73 Å². The lowest BCUT2D eigenvalue weighted by molar-refractivity contribution is -0.123. The third-order valence-electron chi connectivity index (χ3n) is 6.86. The fourth-order valence-corrected chi connectivity index (χ4v) is 4.90. The maximum atomic E-state index is 13.0. The van der Waals surface area contributed by atoms with Crippen molar-refractivity contribution in [1.29, 1.82) is 0 Å². The molecule has 0 spiro atoms. The molecule has 5 rings (SSSR count). The number of carbonyl (C=O) groups excluding carboxylic acids is 2. The van der Waals surface area contributed by atoms with Crippen LogP contribution in [-0.4, -0.2) is 39.4 Å². The molecule has 0 aliphatic carbocycles. The Hall–Kier alpha value is -4.30. The van der Waals surface area contributed by atoms with Crippen molar-refractivity contribution < 1.29 is 9.59 Å². The Kier molecular flexibility index (Phi) is 6.83. The van der Waals surface area contributed by atoms with Crippen molar-refractivity contribution in [2.24, 2.45) is 11.7 Å². The highest BCUT2D eigenvalue weighted by Gasteiger charge is 2.23. The van der Waals surface area contributed by atoms with Crippen molar-refractivity contribution in [2.45, 2.75) is 26.3 Å². The second kappa shape index (κ2) is 10.4. The van der Waals surface area contributed by atoms with E-state index in [0.29, 0.717) is 40.2 Å². The number of nitrogens with zero attached hydrogens (tertiary/aromatic N) is 3. The summed E-state index contributed by atoms with van der Waals surface area (Å²) in [5.41, 5.74) is 8.94. The lowest BCUT2D eigenvalue weighted by Crippen LogP contribution is -2.40. The molecule has 3 N–H and O–H groups in total. The molecule has 1 fully saturated rings. The second-order valence-corrected chi connectivity index (χ2v) is 9.49. The summed E-state index contributed by atoms with van der Waals surface area (Å²) in [5.74, 6) is 0.0293. The molecule has 8 heteroatoms. The number of primary amides is 1. The van der Waals surface area contributed by atoms with E-state index in [1.165, 1.54) is 0 Å². The fourth-order valence-electron chi connectivity index (χ4n) is 4.90. The Balaban J connectivity index is 1.25. The number of para-hydroxylation sites is 1. The second-order valence-electron chi connectivity index (χ2n) is 9.49. The Morgan fingerprint density at radius 1 is 1.03 bits per heavy atom. The average molecular weight is 496 g/mol. The monoisotopic (exact) mass is 495 g/mol. The smallest absolute Gasteiger partial charge is 0.265 e. The number of aryl methyl sites for hydroxylation is 1. The van der Waals surface area contributed by atoms with Crippen LogP contribution in [0.5, 0.6) is 0 Å². The van der Waals surface area contributed by atoms with Gasteiger partial charge in [0.1, 0.15) is 5.82 Å². The highest BCUT2D eigenvalue weighted by molar-refractivity contribution is 6.04. The van der Waals surface area contributed by atoms with Gasteiger partial charge in [-0.25, -0.2) is 4.98 Å². The van der Waals surface area contributed by atoms with Crippen LogP contribution < -0.4 is 16.6 Å². The Labute approximate surface area is 214 Å². The van der Waals surface area contributed by atoms with Crippen molar-refractivity contribution >= 4 is 28.4 Å². The number of amides is 2. The first-order valence-electron chi connectivity index (χ1n) is 12.4. The van der Waals surface area contributed by atoms with E-state index in [0.717, 1.165) is 31.5 Å². The summed E-state index contributed by atoms with van der Waals surface area (Å²) in [4.78, 5) is 44.2. The Morgan fingerprint density at radius 2 is 1.76 bits per heavy atom. The van der Waals surface area contributed by atoms with Crippen LogP contribution in [0.25, 0.3) is 16.6 Å². The zero-order chi connectivity index (χ0) is 25.9. The van der Waals surface area contributed by atoms with Crippen LogP contribution in [0.4, 0.5) is 5.69 Å². The van der Waals surface area contributed by atoms with Gasteiger partial charge in [-0.15, -0.1) is 0 Å². The molecule has 8 nitrogen and oxygen atoms in total. The van der Waals surface area contributed by atoms with E-state index in [1.807, 2.05) is 42.5 Å². The lowest BCUT2D eigenvalue weighted by atomic mass is 9.97. The van der Waals surface area contributed by atoms with Crippen molar-refractivity contribution in [3.05, 3.63) is 100 Å². The summed E-state index contributed by atoms with van der Waals surface area (Å²) in [7, 11) is 0. The first-order chi connectivity index (χ1) is 17.9. The van der Waals surface area contributed by atoms with Gasteiger partial charge in [0.15, 0.2) is 0 Å². The van der Waals surface area contributed by atoms with Gasteiger partial charge >= 0.3 is 0 Å². The number of benzene rings is 3. The van der Waals surface area contributed by atoms with Crippen LogP contribution in [0.3, 0.4) is 0 Å². The molecule has 3 aromatic carbocycles. The number of nitrogens with one attached hydrogen (secondary N) is 1. The molecule has 1 atom stereocenters. The average Bonchev–Trinajstić information content (AvgIpc) is 2.90. The van der Waals surface area contributed by atoms with Gasteiger partial charge < -0.3 is 11.1 Å². The topological polar surface area (TPSA) is 110 Å². The van der Waals surface area contributed by atoms with Crippen LogP contribution >= 0.6 is 0 Å². The van der Waals surface area contributed by atoms with E-state index < -0.39 is 0 Å². The number of carbonyl (C=O) groups is 2. The van der Waals surface area contributed by atoms with Crippen LogP contribution in [-0.2, 0) is 11.3 Å². The van der Waals surface area contributed by atoms with E-state index in [2.05, 4.69) is 15.2 Å². The third kappa shape index (κ3) is 5.29. The van der Waals surface area contributed by atoms with Crippen LogP contribution in [0, 0.1) is 12.8 Å². The van der Waals surface area contributed by atoms with Gasteiger partial charge in [0.2, 0.25) is 5.91 Å². The van der Waals surface area contributed by atoms with Gasteiger partial charge in [-0.05, 0) is 80.4 Å². The molecule has 188 valence electrons. The maximum Gasteiger partial charge on any atom is 0.265 e. The molecule has 1 aliphatic rings. The molecule has 37 heavy (non-hydrogen) atoms. The van der Waals surface area contributed by atoms with Crippen molar-refractivity contribution in [1.82, 2.24) is 14.5 Å². The zero-order valence-corrected chi connectivity index (χ0v) is 20.7. The third-order valence-corrected chi connectivity index (χ3v) is 6.86. The summed E-state index contributed by atoms with van der Waals surface area (Å²) in [6.45, 7) is 4.16. The predicted molar refractivity (Wildman–Crippen MR) is 144 cm³/mol.